The summed E-state index contributed by atoms with van der Waals surface area (Å²) in [4.78, 5) is 52.6. The molecule has 0 N–H and O–H groups in total. The largest absolute Gasteiger partial charge is 0.494 e. The van der Waals surface area contributed by atoms with Gasteiger partial charge in [-0.05, 0) is 44.4 Å². The molecule has 31 heavy (non-hydrogen) atoms. The number of hydrogen-bond acceptors (Lipinski definition) is 6. The molecular weight excluding hydrogens is 400 g/mol. The fourth-order valence-corrected chi connectivity index (χ4v) is 4.26. The molecule has 1 heterocycles. The summed E-state index contributed by atoms with van der Waals surface area (Å²) < 4.78 is 10.5. The Morgan fingerprint density at radius 3 is 2.23 bits per heavy atom. The van der Waals surface area contributed by atoms with Crippen molar-refractivity contribution in [1.82, 2.24) is 9.80 Å². The van der Waals surface area contributed by atoms with Crippen LogP contribution in [0, 0.1) is 11.8 Å². The van der Waals surface area contributed by atoms with Crippen molar-refractivity contribution in [1.29, 1.82) is 0 Å². The number of ether oxygens (including phenoxy) is 2. The standard InChI is InChI=1S/C23H30N2O6/c1-4-30-17-11-9-16(10-12-17)13-24(3)20(26)14-31-23(29)15(2)25-21(27)18-7-5-6-8-19(18)22(25)28/h9-12,15,18-19H,4-8,13-14H2,1-3H3/t15-,18?,19?/m0/s1. The summed E-state index contributed by atoms with van der Waals surface area (Å²) >= 11 is 0. The van der Waals surface area contributed by atoms with Crippen LogP contribution < -0.4 is 4.74 Å². The van der Waals surface area contributed by atoms with Crippen LogP contribution in [0.15, 0.2) is 24.3 Å². The molecule has 0 aromatic heterocycles. The predicted molar refractivity (Wildman–Crippen MR) is 112 cm³/mol. The predicted octanol–water partition coefficient (Wildman–Crippen LogP) is 2.15. The van der Waals surface area contributed by atoms with E-state index in [9.17, 15) is 19.2 Å². The molecule has 3 amide bonds. The number of nitrogens with zero attached hydrogens (tertiary/aromatic N) is 2. The minimum absolute atomic E-state index is 0.293. The number of amides is 3. The maximum atomic E-state index is 12.6. The summed E-state index contributed by atoms with van der Waals surface area (Å²) in [5.41, 5.74) is 0.912. The first kappa shape index (κ1) is 22.8. The van der Waals surface area contributed by atoms with Crippen LogP contribution in [-0.4, -0.2) is 59.8 Å². The third kappa shape index (κ3) is 5.06. The molecule has 3 rings (SSSR count). The molecule has 0 bridgehead atoms. The van der Waals surface area contributed by atoms with Crippen LogP contribution >= 0.6 is 0 Å². The molecule has 1 saturated heterocycles. The Kier molecular flexibility index (Phi) is 7.30. The Balaban J connectivity index is 1.50. The van der Waals surface area contributed by atoms with Gasteiger partial charge in [0, 0.05) is 13.6 Å². The molecule has 3 atom stereocenters. The summed E-state index contributed by atoms with van der Waals surface area (Å²) in [6, 6.07) is 6.37. The first-order chi connectivity index (χ1) is 14.8. The third-order valence-corrected chi connectivity index (χ3v) is 6.02. The highest BCUT2D eigenvalue weighted by atomic mass is 16.5. The SMILES string of the molecule is CCOc1ccc(CN(C)C(=O)COC(=O)[C@H](C)N2C(=O)C3CCCCC3C2=O)cc1. The Morgan fingerprint density at radius 1 is 1.10 bits per heavy atom. The van der Waals surface area contributed by atoms with Gasteiger partial charge in [-0.2, -0.15) is 0 Å². The van der Waals surface area contributed by atoms with Crippen molar-refractivity contribution in [2.45, 2.75) is 52.1 Å². The van der Waals surface area contributed by atoms with Crippen molar-refractivity contribution in [2.24, 2.45) is 11.8 Å². The highest BCUT2D eigenvalue weighted by Gasteiger charge is 2.51. The van der Waals surface area contributed by atoms with Crippen molar-refractivity contribution in [3.8, 4) is 5.75 Å². The number of rotatable bonds is 8. The monoisotopic (exact) mass is 430 g/mol. The molecule has 2 unspecified atom stereocenters. The van der Waals surface area contributed by atoms with Crippen LogP contribution in [0.5, 0.6) is 5.75 Å². The van der Waals surface area contributed by atoms with E-state index in [1.165, 1.54) is 11.8 Å². The fourth-order valence-electron chi connectivity index (χ4n) is 4.26. The van der Waals surface area contributed by atoms with Crippen LogP contribution in [0.1, 0.15) is 45.1 Å². The number of hydrogen-bond donors (Lipinski definition) is 0. The smallest absolute Gasteiger partial charge is 0.329 e. The maximum Gasteiger partial charge on any atom is 0.329 e. The lowest BCUT2D eigenvalue weighted by Gasteiger charge is -2.22. The second-order valence-electron chi connectivity index (χ2n) is 8.15. The summed E-state index contributed by atoms with van der Waals surface area (Å²) in [5, 5.41) is 0. The average Bonchev–Trinajstić information content (AvgIpc) is 3.03. The van der Waals surface area contributed by atoms with E-state index in [0.717, 1.165) is 29.1 Å². The van der Waals surface area contributed by atoms with Crippen molar-refractivity contribution in [3.05, 3.63) is 29.8 Å². The molecule has 1 aliphatic carbocycles. The molecule has 1 saturated carbocycles. The first-order valence-electron chi connectivity index (χ1n) is 10.8. The summed E-state index contributed by atoms with van der Waals surface area (Å²) in [5.74, 6) is -1.59. The lowest BCUT2D eigenvalue weighted by Crippen LogP contribution is -2.45. The Morgan fingerprint density at radius 2 is 1.68 bits per heavy atom. The molecular formula is C23H30N2O6. The van der Waals surface area contributed by atoms with Gasteiger partial charge >= 0.3 is 5.97 Å². The Labute approximate surface area is 182 Å². The number of imide groups is 1. The normalized spacial score (nSPS) is 21.5. The molecule has 168 valence electrons. The van der Waals surface area contributed by atoms with Gasteiger partial charge in [-0.25, -0.2) is 4.79 Å². The van der Waals surface area contributed by atoms with E-state index in [-0.39, 0.29) is 29.6 Å². The minimum Gasteiger partial charge on any atom is -0.494 e. The van der Waals surface area contributed by atoms with E-state index in [2.05, 4.69) is 0 Å². The Bertz CT molecular complexity index is 813. The van der Waals surface area contributed by atoms with Crippen molar-refractivity contribution >= 4 is 23.7 Å². The zero-order valence-corrected chi connectivity index (χ0v) is 18.3. The second kappa shape index (κ2) is 9.94. The van der Waals surface area contributed by atoms with Gasteiger partial charge in [0.25, 0.3) is 5.91 Å². The highest BCUT2D eigenvalue weighted by Crippen LogP contribution is 2.38. The number of likely N-dealkylation sites (tertiary alicyclic amines) is 1. The maximum absolute atomic E-state index is 12.6. The molecule has 8 heteroatoms. The molecule has 1 aliphatic heterocycles. The highest BCUT2D eigenvalue weighted by molar-refractivity contribution is 6.07. The van der Waals surface area contributed by atoms with Crippen LogP contribution in [-0.2, 0) is 30.5 Å². The number of likely N-dealkylation sites (N-methyl/N-ethyl adjacent to an activating group) is 1. The van der Waals surface area contributed by atoms with E-state index in [1.54, 1.807) is 7.05 Å². The van der Waals surface area contributed by atoms with Crippen LogP contribution in [0.4, 0.5) is 0 Å². The van der Waals surface area contributed by atoms with Gasteiger partial charge in [-0.3, -0.25) is 19.3 Å². The molecule has 0 spiro atoms. The minimum atomic E-state index is -1.03. The lowest BCUT2D eigenvalue weighted by atomic mass is 9.81. The van der Waals surface area contributed by atoms with Crippen molar-refractivity contribution in [3.63, 3.8) is 0 Å². The number of carbonyl (C=O) groups is 4. The molecule has 0 radical (unpaired) electrons. The molecule has 1 aromatic rings. The molecule has 8 nitrogen and oxygen atoms in total. The number of esters is 1. The number of fused-ring (bicyclic) bond motifs is 1. The number of benzene rings is 1. The molecule has 2 aliphatic rings. The van der Waals surface area contributed by atoms with Crippen LogP contribution in [0.25, 0.3) is 0 Å². The van der Waals surface area contributed by atoms with E-state index in [0.29, 0.717) is 26.0 Å². The summed E-state index contributed by atoms with van der Waals surface area (Å²) in [6.07, 6.45) is 3.20. The van der Waals surface area contributed by atoms with Crippen LogP contribution in [0.3, 0.4) is 0 Å². The summed E-state index contributed by atoms with van der Waals surface area (Å²) in [6.45, 7) is 3.87. The Hall–Kier alpha value is -2.90. The third-order valence-electron chi connectivity index (χ3n) is 6.02. The first-order valence-corrected chi connectivity index (χ1v) is 10.8. The van der Waals surface area contributed by atoms with Crippen LogP contribution in [0.2, 0.25) is 0 Å². The van der Waals surface area contributed by atoms with Gasteiger partial charge in [0.1, 0.15) is 11.8 Å². The van der Waals surface area contributed by atoms with E-state index < -0.39 is 18.6 Å². The zero-order chi connectivity index (χ0) is 22.5. The van der Waals surface area contributed by atoms with Gasteiger partial charge < -0.3 is 14.4 Å². The van der Waals surface area contributed by atoms with Crippen molar-refractivity contribution < 1.29 is 28.7 Å². The van der Waals surface area contributed by atoms with Gasteiger partial charge in [-0.15, -0.1) is 0 Å². The number of carbonyl (C=O) groups excluding carboxylic acids is 4. The zero-order valence-electron chi connectivity index (χ0n) is 18.3. The van der Waals surface area contributed by atoms with Gasteiger partial charge in [0.2, 0.25) is 11.8 Å². The van der Waals surface area contributed by atoms with E-state index in [1.807, 2.05) is 31.2 Å². The van der Waals surface area contributed by atoms with E-state index >= 15 is 0 Å². The topological polar surface area (TPSA) is 93.2 Å². The second-order valence-corrected chi connectivity index (χ2v) is 8.15. The fraction of sp³-hybridized carbons (Fsp3) is 0.565. The quantitative estimate of drug-likeness (QED) is 0.463. The molecule has 1 aromatic carbocycles. The van der Waals surface area contributed by atoms with Gasteiger partial charge in [0.15, 0.2) is 6.61 Å². The van der Waals surface area contributed by atoms with E-state index in [4.69, 9.17) is 9.47 Å². The lowest BCUT2D eigenvalue weighted by molar-refractivity contribution is -0.161. The average molecular weight is 431 g/mol. The van der Waals surface area contributed by atoms with Gasteiger partial charge in [0.05, 0.1) is 18.4 Å². The summed E-state index contributed by atoms with van der Waals surface area (Å²) in [7, 11) is 1.62. The van der Waals surface area contributed by atoms with Gasteiger partial charge in [-0.1, -0.05) is 25.0 Å². The van der Waals surface area contributed by atoms with Crippen molar-refractivity contribution in [2.75, 3.05) is 20.3 Å². The molecule has 2 fully saturated rings.